The summed E-state index contributed by atoms with van der Waals surface area (Å²) in [5.74, 6) is -2.48. The summed E-state index contributed by atoms with van der Waals surface area (Å²) in [6.45, 7) is 6.49. The average molecular weight is 531 g/mol. The highest BCUT2D eigenvalue weighted by molar-refractivity contribution is 5.99. The van der Waals surface area contributed by atoms with E-state index in [2.05, 4.69) is 10.2 Å². The van der Waals surface area contributed by atoms with Gasteiger partial charge in [0.05, 0.1) is 35.8 Å². The Labute approximate surface area is 221 Å². The molecule has 6 nitrogen and oxygen atoms in total. The number of ether oxygens (including phenoxy) is 2. The van der Waals surface area contributed by atoms with Crippen LogP contribution in [0.4, 0.5) is 13.2 Å². The highest BCUT2D eigenvalue weighted by Crippen LogP contribution is 2.41. The van der Waals surface area contributed by atoms with Gasteiger partial charge in [-0.05, 0) is 51.4 Å². The summed E-state index contributed by atoms with van der Waals surface area (Å²) in [5, 5.41) is 3.01. The number of allylic oxidation sites excluding steroid dienone is 2. The molecular weight excluding hydrogens is 497 g/mol. The molecule has 3 rings (SSSR count). The maximum Gasteiger partial charge on any atom is 0.416 e. The van der Waals surface area contributed by atoms with Crippen LogP contribution in [0.5, 0.6) is 0 Å². The van der Waals surface area contributed by atoms with Crippen molar-refractivity contribution in [3.63, 3.8) is 0 Å². The van der Waals surface area contributed by atoms with Gasteiger partial charge >= 0.3 is 18.1 Å². The molecule has 0 saturated heterocycles. The third-order valence-corrected chi connectivity index (χ3v) is 6.24. The highest BCUT2D eigenvalue weighted by atomic mass is 19.4. The first-order valence-electron chi connectivity index (χ1n) is 12.4. The van der Waals surface area contributed by atoms with E-state index >= 15 is 0 Å². The Bertz CT molecular complexity index is 1210. The molecule has 0 radical (unpaired) electrons. The first-order chi connectivity index (χ1) is 18.0. The zero-order valence-electron chi connectivity index (χ0n) is 22.0. The van der Waals surface area contributed by atoms with Gasteiger partial charge in [-0.15, -0.1) is 0 Å². The summed E-state index contributed by atoms with van der Waals surface area (Å²) in [6.07, 6.45) is -4.03. The minimum absolute atomic E-state index is 0.0733. The molecule has 0 spiro atoms. The number of esters is 2. The number of nitrogens with one attached hydrogen (secondary N) is 1. The Balaban J connectivity index is 1.81. The topological polar surface area (TPSA) is 67.9 Å². The largest absolute Gasteiger partial charge is 0.463 e. The van der Waals surface area contributed by atoms with Crippen LogP contribution in [-0.4, -0.2) is 43.6 Å². The molecule has 1 heterocycles. The van der Waals surface area contributed by atoms with Crippen molar-refractivity contribution in [1.82, 2.24) is 10.2 Å². The predicted octanol–water partition coefficient (Wildman–Crippen LogP) is 5.57. The molecule has 9 heteroatoms. The van der Waals surface area contributed by atoms with Gasteiger partial charge in [0, 0.05) is 24.5 Å². The highest BCUT2D eigenvalue weighted by Gasteiger charge is 2.39. The molecule has 1 aliphatic rings. The van der Waals surface area contributed by atoms with E-state index in [4.69, 9.17) is 9.47 Å². The molecule has 0 saturated carbocycles. The molecule has 1 aliphatic heterocycles. The van der Waals surface area contributed by atoms with Crippen LogP contribution in [0, 0.1) is 0 Å². The van der Waals surface area contributed by atoms with E-state index < -0.39 is 29.6 Å². The van der Waals surface area contributed by atoms with E-state index in [9.17, 15) is 22.8 Å². The Morgan fingerprint density at radius 3 is 2.18 bits per heavy atom. The average Bonchev–Trinajstić information content (AvgIpc) is 2.86. The van der Waals surface area contributed by atoms with Crippen molar-refractivity contribution >= 4 is 11.9 Å². The van der Waals surface area contributed by atoms with E-state index in [0.29, 0.717) is 24.4 Å². The Kier molecular flexibility index (Phi) is 9.74. The van der Waals surface area contributed by atoms with E-state index in [0.717, 1.165) is 18.7 Å². The summed E-state index contributed by atoms with van der Waals surface area (Å²) < 4.78 is 51.3. The molecule has 2 aromatic carbocycles. The van der Waals surface area contributed by atoms with Gasteiger partial charge in [-0.1, -0.05) is 48.5 Å². The van der Waals surface area contributed by atoms with Gasteiger partial charge in [-0.2, -0.15) is 13.2 Å². The predicted molar refractivity (Wildman–Crippen MR) is 138 cm³/mol. The van der Waals surface area contributed by atoms with Gasteiger partial charge in [0.1, 0.15) is 0 Å². The molecule has 0 amide bonds. The van der Waals surface area contributed by atoms with Crippen molar-refractivity contribution < 1.29 is 32.2 Å². The molecule has 0 bridgehead atoms. The number of carbonyl (C=O) groups is 2. The maximum atomic E-state index is 13.5. The van der Waals surface area contributed by atoms with Crippen molar-refractivity contribution in [2.75, 3.05) is 26.8 Å². The second-order valence-electron chi connectivity index (χ2n) is 9.19. The fourth-order valence-corrected chi connectivity index (χ4v) is 4.52. The van der Waals surface area contributed by atoms with Crippen molar-refractivity contribution in [1.29, 1.82) is 0 Å². The molecular formula is C29H33F3N2O4. The number of nitrogens with zero attached hydrogens (tertiary/aromatic N) is 1. The number of dihydropyridines is 1. The number of alkyl halides is 3. The molecule has 38 heavy (non-hydrogen) atoms. The molecule has 204 valence electrons. The maximum absolute atomic E-state index is 13.5. The molecule has 1 unspecified atom stereocenters. The lowest BCUT2D eigenvalue weighted by Crippen LogP contribution is -2.33. The minimum atomic E-state index is -4.59. The Morgan fingerprint density at radius 2 is 1.58 bits per heavy atom. The number of halogens is 3. The van der Waals surface area contributed by atoms with Gasteiger partial charge in [0.15, 0.2) is 0 Å². The zero-order chi connectivity index (χ0) is 27.9. The number of rotatable bonds is 10. The molecule has 0 aromatic heterocycles. The lowest BCUT2D eigenvalue weighted by molar-refractivity contribution is -0.140. The van der Waals surface area contributed by atoms with E-state index in [1.165, 1.54) is 17.7 Å². The SMILES string of the molecule is CCOC(=O)C1=C(C)NC(C)=C(C(=O)OCCCN(C)Cc2ccccc2)C1c1cccc(C(F)(F)F)c1. The minimum Gasteiger partial charge on any atom is -0.463 e. The van der Waals surface area contributed by atoms with E-state index in [1.54, 1.807) is 20.8 Å². The summed E-state index contributed by atoms with van der Waals surface area (Å²) >= 11 is 0. The van der Waals surface area contributed by atoms with Crippen LogP contribution in [0.2, 0.25) is 0 Å². The lowest BCUT2D eigenvalue weighted by Gasteiger charge is -2.30. The van der Waals surface area contributed by atoms with Gasteiger partial charge in [-0.3, -0.25) is 0 Å². The first-order valence-corrected chi connectivity index (χ1v) is 12.4. The van der Waals surface area contributed by atoms with Crippen LogP contribution >= 0.6 is 0 Å². The van der Waals surface area contributed by atoms with Gasteiger partial charge in [0.2, 0.25) is 0 Å². The van der Waals surface area contributed by atoms with Crippen LogP contribution in [0.25, 0.3) is 0 Å². The second kappa shape index (κ2) is 12.8. The summed E-state index contributed by atoms with van der Waals surface area (Å²) in [4.78, 5) is 28.3. The molecule has 0 aliphatic carbocycles. The van der Waals surface area contributed by atoms with Crippen molar-refractivity contribution in [2.24, 2.45) is 0 Å². The van der Waals surface area contributed by atoms with Crippen LogP contribution in [0.1, 0.15) is 49.8 Å². The quantitative estimate of drug-likeness (QED) is 0.320. The smallest absolute Gasteiger partial charge is 0.416 e. The number of hydrogen-bond donors (Lipinski definition) is 1. The molecule has 1 N–H and O–H groups in total. The van der Waals surface area contributed by atoms with Crippen LogP contribution < -0.4 is 5.32 Å². The fraction of sp³-hybridized carbons (Fsp3) is 0.379. The van der Waals surface area contributed by atoms with Gasteiger partial charge < -0.3 is 19.7 Å². The molecule has 0 fully saturated rings. The van der Waals surface area contributed by atoms with Crippen LogP contribution in [0.15, 0.2) is 77.1 Å². The number of carbonyl (C=O) groups excluding carboxylic acids is 2. The Hall–Kier alpha value is -3.59. The summed E-state index contributed by atoms with van der Waals surface area (Å²) in [7, 11) is 1.97. The zero-order valence-corrected chi connectivity index (χ0v) is 22.0. The third kappa shape index (κ3) is 7.25. The Morgan fingerprint density at radius 1 is 0.947 bits per heavy atom. The third-order valence-electron chi connectivity index (χ3n) is 6.24. The van der Waals surface area contributed by atoms with Crippen LogP contribution in [0.3, 0.4) is 0 Å². The van der Waals surface area contributed by atoms with Gasteiger partial charge in [0.25, 0.3) is 0 Å². The first kappa shape index (κ1) is 29.0. The van der Waals surface area contributed by atoms with Crippen molar-refractivity contribution in [3.05, 3.63) is 93.8 Å². The normalized spacial score (nSPS) is 15.9. The van der Waals surface area contributed by atoms with Crippen LogP contribution in [-0.2, 0) is 31.8 Å². The van der Waals surface area contributed by atoms with E-state index in [1.807, 2.05) is 37.4 Å². The summed E-state index contributed by atoms with van der Waals surface area (Å²) in [5.41, 5.74) is 1.41. The number of benzene rings is 2. The monoisotopic (exact) mass is 530 g/mol. The van der Waals surface area contributed by atoms with Crippen molar-refractivity contribution in [2.45, 2.75) is 45.8 Å². The molecule has 2 aromatic rings. The van der Waals surface area contributed by atoms with Gasteiger partial charge in [-0.25, -0.2) is 9.59 Å². The second-order valence-corrected chi connectivity index (χ2v) is 9.19. The lowest BCUT2D eigenvalue weighted by atomic mass is 9.80. The molecule has 1 atom stereocenters. The fourth-order valence-electron chi connectivity index (χ4n) is 4.52. The van der Waals surface area contributed by atoms with Crippen molar-refractivity contribution in [3.8, 4) is 0 Å². The van der Waals surface area contributed by atoms with E-state index in [-0.39, 0.29) is 29.9 Å². The number of hydrogen-bond acceptors (Lipinski definition) is 6. The summed E-state index contributed by atoms with van der Waals surface area (Å²) in [6, 6.07) is 14.6. The standard InChI is InChI=1S/C29H33F3N2O4/c1-5-37-27(35)24-19(2)33-20(3)25(26(24)22-13-9-14-23(17-22)29(30,31)32)28(36)38-16-10-15-34(4)18-21-11-7-6-8-12-21/h6-9,11-14,17,26,33H,5,10,15-16,18H2,1-4H3.